The molecule has 18 heavy (non-hydrogen) atoms. The Hall–Kier alpha value is -1.85. The maximum absolute atomic E-state index is 10.9. The van der Waals surface area contributed by atoms with E-state index in [4.69, 9.17) is 5.73 Å². The Morgan fingerprint density at radius 2 is 2.06 bits per heavy atom. The number of nitro groups is 1. The largest absolute Gasteiger partial charge is 0.384 e. The third-order valence-corrected chi connectivity index (χ3v) is 2.65. The highest BCUT2D eigenvalue weighted by molar-refractivity contribution is 5.59. The van der Waals surface area contributed by atoms with Gasteiger partial charge < -0.3 is 11.1 Å². The van der Waals surface area contributed by atoms with Gasteiger partial charge in [-0.1, -0.05) is 13.8 Å². The molecule has 1 rings (SSSR count). The van der Waals surface area contributed by atoms with Gasteiger partial charge in [0.05, 0.1) is 4.92 Å². The summed E-state index contributed by atoms with van der Waals surface area (Å²) in [5.41, 5.74) is 5.51. The summed E-state index contributed by atoms with van der Waals surface area (Å²) in [4.78, 5) is 14.4. The summed E-state index contributed by atoms with van der Waals surface area (Å²) in [6.07, 6.45) is 2.00. The molecule has 0 aliphatic carbocycles. The van der Waals surface area contributed by atoms with Crippen LogP contribution in [0.15, 0.2) is 12.1 Å². The van der Waals surface area contributed by atoms with E-state index in [1.807, 2.05) is 6.92 Å². The van der Waals surface area contributed by atoms with Crippen molar-refractivity contribution in [3.05, 3.63) is 22.2 Å². The van der Waals surface area contributed by atoms with Crippen LogP contribution in [0, 0.1) is 16.0 Å². The summed E-state index contributed by atoms with van der Waals surface area (Å²) < 4.78 is 0. The van der Waals surface area contributed by atoms with E-state index >= 15 is 0 Å². The summed E-state index contributed by atoms with van der Waals surface area (Å²) in [7, 11) is 0. The number of nitrogens with zero attached hydrogens (tertiary/aromatic N) is 2. The molecule has 0 bridgehead atoms. The lowest BCUT2D eigenvalue weighted by Gasteiger charge is -2.15. The lowest BCUT2D eigenvalue weighted by molar-refractivity contribution is -0.384. The third kappa shape index (κ3) is 4.20. The van der Waals surface area contributed by atoms with Gasteiger partial charge in [-0.15, -0.1) is 0 Å². The normalized spacial score (nSPS) is 12.4. The summed E-state index contributed by atoms with van der Waals surface area (Å²) >= 11 is 0. The van der Waals surface area contributed by atoms with Gasteiger partial charge in [-0.2, -0.15) is 0 Å². The molecule has 3 N–H and O–H groups in total. The zero-order valence-corrected chi connectivity index (χ0v) is 11.0. The van der Waals surface area contributed by atoms with E-state index in [1.165, 1.54) is 12.1 Å². The lowest BCUT2D eigenvalue weighted by atomic mass is 10.0. The quantitative estimate of drug-likeness (QED) is 0.599. The zero-order chi connectivity index (χ0) is 13.7. The van der Waals surface area contributed by atoms with Gasteiger partial charge in [0.1, 0.15) is 5.82 Å². The van der Waals surface area contributed by atoms with Crippen LogP contribution in [0.4, 0.5) is 17.3 Å². The molecular weight excluding hydrogens is 232 g/mol. The molecular formula is C12H20N4O2. The van der Waals surface area contributed by atoms with Crippen LogP contribution in [0.5, 0.6) is 0 Å². The Balaban J connectivity index is 2.76. The van der Waals surface area contributed by atoms with Crippen molar-refractivity contribution in [3.63, 3.8) is 0 Å². The van der Waals surface area contributed by atoms with Crippen LogP contribution in [0.25, 0.3) is 0 Å². The molecule has 0 saturated carbocycles. The lowest BCUT2D eigenvalue weighted by Crippen LogP contribution is -2.18. The fraction of sp³-hybridized carbons (Fsp3) is 0.583. The van der Waals surface area contributed by atoms with Gasteiger partial charge in [-0.3, -0.25) is 10.1 Å². The fourth-order valence-corrected chi connectivity index (χ4v) is 1.61. The summed E-state index contributed by atoms with van der Waals surface area (Å²) in [5, 5.41) is 13.9. The molecule has 6 heteroatoms. The Labute approximate surface area is 107 Å². The standard InChI is InChI=1S/C12H20N4O2/c1-8(2)4-5-9(3)14-12-10(16(17)18)6-7-11(13)15-12/h6-9H,4-5H2,1-3H3,(H3,13,14,15). The van der Waals surface area contributed by atoms with E-state index in [0.717, 1.165) is 12.8 Å². The average Bonchev–Trinajstić information content (AvgIpc) is 2.26. The molecule has 0 aliphatic rings. The molecule has 0 aliphatic heterocycles. The molecule has 0 aromatic carbocycles. The first-order valence-corrected chi connectivity index (χ1v) is 6.07. The van der Waals surface area contributed by atoms with Crippen molar-refractivity contribution >= 4 is 17.3 Å². The second-order valence-corrected chi connectivity index (χ2v) is 4.88. The van der Waals surface area contributed by atoms with Gasteiger partial charge in [0, 0.05) is 12.1 Å². The highest BCUT2D eigenvalue weighted by Crippen LogP contribution is 2.24. The minimum atomic E-state index is -0.454. The Morgan fingerprint density at radius 1 is 1.39 bits per heavy atom. The first kappa shape index (κ1) is 14.2. The molecule has 0 spiro atoms. The molecule has 6 nitrogen and oxygen atoms in total. The first-order valence-electron chi connectivity index (χ1n) is 6.07. The number of rotatable bonds is 6. The van der Waals surface area contributed by atoms with Gasteiger partial charge in [-0.25, -0.2) is 4.98 Å². The molecule has 1 aromatic rings. The first-order chi connectivity index (χ1) is 8.40. The van der Waals surface area contributed by atoms with Crippen molar-refractivity contribution in [1.82, 2.24) is 4.98 Å². The summed E-state index contributed by atoms with van der Waals surface area (Å²) in [6.45, 7) is 6.28. The number of nitrogens with two attached hydrogens (primary N) is 1. The van der Waals surface area contributed by atoms with Gasteiger partial charge in [-0.05, 0) is 31.7 Å². The maximum Gasteiger partial charge on any atom is 0.311 e. The molecule has 0 fully saturated rings. The minimum Gasteiger partial charge on any atom is -0.384 e. The zero-order valence-electron chi connectivity index (χ0n) is 11.0. The van der Waals surface area contributed by atoms with Gasteiger partial charge in [0.2, 0.25) is 5.82 Å². The average molecular weight is 252 g/mol. The third-order valence-electron chi connectivity index (χ3n) is 2.65. The number of anilines is 2. The van der Waals surface area contributed by atoms with Gasteiger partial charge in [0.25, 0.3) is 0 Å². The second kappa shape index (κ2) is 6.18. The van der Waals surface area contributed by atoms with E-state index in [-0.39, 0.29) is 23.4 Å². The smallest absolute Gasteiger partial charge is 0.311 e. The van der Waals surface area contributed by atoms with Crippen LogP contribution >= 0.6 is 0 Å². The molecule has 1 unspecified atom stereocenters. The van der Waals surface area contributed by atoms with Crippen molar-refractivity contribution in [1.29, 1.82) is 0 Å². The van der Waals surface area contributed by atoms with Crippen molar-refractivity contribution in [3.8, 4) is 0 Å². The Kier molecular flexibility index (Phi) is 4.88. The number of aromatic nitrogens is 1. The number of hydrogen-bond acceptors (Lipinski definition) is 5. The van der Waals surface area contributed by atoms with Crippen LogP contribution in [0.2, 0.25) is 0 Å². The molecule has 0 radical (unpaired) electrons. The number of nitrogens with one attached hydrogen (secondary N) is 1. The number of nitrogen functional groups attached to an aromatic ring is 1. The molecule has 1 aromatic heterocycles. The van der Waals surface area contributed by atoms with Crippen LogP contribution in [-0.2, 0) is 0 Å². The minimum absolute atomic E-state index is 0.0411. The van der Waals surface area contributed by atoms with E-state index in [9.17, 15) is 10.1 Å². The molecule has 1 heterocycles. The van der Waals surface area contributed by atoms with Gasteiger partial charge in [0.15, 0.2) is 0 Å². The highest BCUT2D eigenvalue weighted by atomic mass is 16.6. The van der Waals surface area contributed by atoms with E-state index < -0.39 is 4.92 Å². The number of hydrogen-bond donors (Lipinski definition) is 2. The maximum atomic E-state index is 10.9. The fourth-order valence-electron chi connectivity index (χ4n) is 1.61. The molecule has 0 amide bonds. The monoisotopic (exact) mass is 252 g/mol. The molecule has 1 atom stereocenters. The van der Waals surface area contributed by atoms with E-state index in [1.54, 1.807) is 0 Å². The summed E-state index contributed by atoms with van der Waals surface area (Å²) in [5.74, 6) is 1.13. The SMILES string of the molecule is CC(C)CCC(C)Nc1nc(N)ccc1[N+](=O)[O-]. The summed E-state index contributed by atoms with van der Waals surface area (Å²) in [6, 6.07) is 2.93. The van der Waals surface area contributed by atoms with Crippen molar-refractivity contribution in [2.75, 3.05) is 11.1 Å². The Morgan fingerprint density at radius 3 is 2.61 bits per heavy atom. The topological polar surface area (TPSA) is 94.1 Å². The molecule has 0 saturated heterocycles. The predicted octanol–water partition coefficient (Wildman–Crippen LogP) is 2.81. The predicted molar refractivity (Wildman–Crippen MR) is 72.5 cm³/mol. The van der Waals surface area contributed by atoms with Crippen molar-refractivity contribution < 1.29 is 4.92 Å². The Bertz CT molecular complexity index is 421. The van der Waals surface area contributed by atoms with E-state index in [0.29, 0.717) is 5.92 Å². The van der Waals surface area contributed by atoms with Crippen molar-refractivity contribution in [2.45, 2.75) is 39.7 Å². The van der Waals surface area contributed by atoms with Crippen LogP contribution in [-0.4, -0.2) is 15.9 Å². The van der Waals surface area contributed by atoms with Crippen LogP contribution < -0.4 is 11.1 Å². The van der Waals surface area contributed by atoms with Crippen molar-refractivity contribution in [2.24, 2.45) is 5.92 Å². The van der Waals surface area contributed by atoms with E-state index in [2.05, 4.69) is 24.1 Å². The highest BCUT2D eigenvalue weighted by Gasteiger charge is 2.17. The number of pyridine rings is 1. The van der Waals surface area contributed by atoms with Crippen LogP contribution in [0.1, 0.15) is 33.6 Å². The van der Waals surface area contributed by atoms with Crippen LogP contribution in [0.3, 0.4) is 0 Å². The molecule has 100 valence electrons. The second-order valence-electron chi connectivity index (χ2n) is 4.88. The van der Waals surface area contributed by atoms with Gasteiger partial charge >= 0.3 is 5.69 Å².